The van der Waals surface area contributed by atoms with Gasteiger partial charge in [0.05, 0.1) is 6.33 Å². The zero-order valence-corrected chi connectivity index (χ0v) is 15.0. The van der Waals surface area contributed by atoms with Crippen molar-refractivity contribution >= 4 is 23.0 Å². The van der Waals surface area contributed by atoms with Crippen LogP contribution in [0.2, 0.25) is 0 Å². The Morgan fingerprint density at radius 1 is 1.19 bits per heavy atom. The minimum atomic E-state index is -0.398. The second kappa shape index (κ2) is 6.99. The number of carbonyl (C=O) groups is 1. The van der Waals surface area contributed by atoms with E-state index in [9.17, 15) is 4.79 Å². The van der Waals surface area contributed by atoms with Gasteiger partial charge in [0.15, 0.2) is 11.2 Å². The van der Waals surface area contributed by atoms with Crippen molar-refractivity contribution < 1.29 is 9.53 Å². The Bertz CT molecular complexity index is 912. The minimum absolute atomic E-state index is 0.0225. The number of amides is 1. The lowest BCUT2D eigenvalue weighted by Gasteiger charge is -2.17. The van der Waals surface area contributed by atoms with E-state index in [1.165, 1.54) is 6.33 Å². The summed E-state index contributed by atoms with van der Waals surface area (Å²) in [6.07, 6.45) is 1.52. The number of carbonyl (C=O) groups excluding carboxylic acids is 1. The predicted molar refractivity (Wildman–Crippen MR) is 98.2 cm³/mol. The van der Waals surface area contributed by atoms with Gasteiger partial charge in [0.25, 0.3) is 0 Å². The molecule has 1 amide bonds. The number of anilines is 1. The summed E-state index contributed by atoms with van der Waals surface area (Å²) in [4.78, 5) is 27.1. The first kappa shape index (κ1) is 17.7. The van der Waals surface area contributed by atoms with Crippen LogP contribution in [0.4, 0.5) is 5.95 Å². The summed E-state index contributed by atoms with van der Waals surface area (Å²) in [5, 5.41) is 2.93. The van der Waals surface area contributed by atoms with E-state index in [2.05, 4.69) is 25.3 Å². The van der Waals surface area contributed by atoms with Gasteiger partial charge in [0.1, 0.15) is 6.61 Å². The van der Waals surface area contributed by atoms with Gasteiger partial charge >= 0.3 is 0 Å². The maximum absolute atomic E-state index is 11.9. The molecule has 8 heteroatoms. The Kier molecular flexibility index (Phi) is 4.75. The molecule has 0 bridgehead atoms. The van der Waals surface area contributed by atoms with Crippen LogP contribution in [0.25, 0.3) is 11.2 Å². The van der Waals surface area contributed by atoms with Crippen LogP contribution in [0, 0.1) is 5.41 Å². The van der Waals surface area contributed by atoms with E-state index in [0.717, 1.165) is 11.1 Å². The summed E-state index contributed by atoms with van der Waals surface area (Å²) in [5.41, 5.74) is 8.35. The van der Waals surface area contributed by atoms with Crippen LogP contribution < -0.4 is 15.8 Å². The lowest BCUT2D eigenvalue weighted by atomic mass is 9.95. The van der Waals surface area contributed by atoms with Gasteiger partial charge in [0.2, 0.25) is 17.7 Å². The predicted octanol–water partition coefficient (Wildman–Crippen LogP) is 2.18. The number of hydrogen-bond acceptors (Lipinski definition) is 6. The fourth-order valence-electron chi connectivity index (χ4n) is 2.28. The van der Waals surface area contributed by atoms with Gasteiger partial charge in [-0.2, -0.15) is 9.97 Å². The first-order chi connectivity index (χ1) is 12.3. The first-order valence-electron chi connectivity index (χ1n) is 8.28. The van der Waals surface area contributed by atoms with Crippen LogP contribution in [0.1, 0.15) is 31.9 Å². The molecule has 3 aromatic rings. The number of imidazole rings is 1. The fourth-order valence-corrected chi connectivity index (χ4v) is 2.28. The number of nitrogen functional groups attached to an aromatic ring is 1. The van der Waals surface area contributed by atoms with Crippen molar-refractivity contribution in [1.29, 1.82) is 0 Å². The third-order valence-electron chi connectivity index (χ3n) is 3.80. The van der Waals surface area contributed by atoms with Crippen molar-refractivity contribution in [1.82, 2.24) is 25.3 Å². The highest BCUT2D eigenvalue weighted by Gasteiger charge is 2.20. The van der Waals surface area contributed by atoms with Crippen molar-refractivity contribution in [3.05, 3.63) is 41.7 Å². The van der Waals surface area contributed by atoms with Crippen molar-refractivity contribution in [3.63, 3.8) is 0 Å². The van der Waals surface area contributed by atoms with Crippen LogP contribution in [-0.4, -0.2) is 25.8 Å². The summed E-state index contributed by atoms with van der Waals surface area (Å²) >= 11 is 0. The molecule has 0 fully saturated rings. The second-order valence-electron chi connectivity index (χ2n) is 7.02. The molecule has 4 N–H and O–H groups in total. The number of aromatic nitrogens is 4. The number of ether oxygens (including phenoxy) is 1. The van der Waals surface area contributed by atoms with Gasteiger partial charge in [0, 0.05) is 12.0 Å². The zero-order valence-electron chi connectivity index (χ0n) is 15.0. The molecule has 0 radical (unpaired) electrons. The number of fused-ring (bicyclic) bond motifs is 1. The number of benzene rings is 1. The molecule has 1 aromatic carbocycles. The maximum Gasteiger partial charge on any atom is 0.247 e. The lowest BCUT2D eigenvalue weighted by molar-refractivity contribution is -0.128. The Morgan fingerprint density at radius 2 is 1.88 bits per heavy atom. The molecule has 0 saturated carbocycles. The molecule has 2 aromatic heterocycles. The van der Waals surface area contributed by atoms with Crippen LogP contribution in [0.5, 0.6) is 5.88 Å². The van der Waals surface area contributed by atoms with E-state index in [4.69, 9.17) is 10.5 Å². The topological polar surface area (TPSA) is 119 Å². The molecule has 0 aliphatic heterocycles. The number of hydrogen-bond donors (Lipinski definition) is 3. The molecular formula is C18H22N6O2. The summed E-state index contributed by atoms with van der Waals surface area (Å²) in [6, 6.07) is 7.82. The van der Waals surface area contributed by atoms with Crippen LogP contribution in [0.3, 0.4) is 0 Å². The highest BCUT2D eigenvalue weighted by molar-refractivity contribution is 5.81. The fraction of sp³-hybridized carbons (Fsp3) is 0.333. The lowest BCUT2D eigenvalue weighted by Crippen LogP contribution is -2.34. The maximum atomic E-state index is 11.9. The first-order valence-corrected chi connectivity index (χ1v) is 8.28. The summed E-state index contributed by atoms with van der Waals surface area (Å²) in [6.45, 7) is 6.48. The largest absolute Gasteiger partial charge is 0.471 e. The Hall–Kier alpha value is -3.16. The molecule has 0 atom stereocenters. The van der Waals surface area contributed by atoms with Crippen LogP contribution >= 0.6 is 0 Å². The SMILES string of the molecule is CC(C)(C)C(=O)NCc1ccc(COc2nc(N)nc3[nH]cnc23)cc1. The van der Waals surface area contributed by atoms with Gasteiger partial charge in [-0.25, -0.2) is 4.98 Å². The average Bonchev–Trinajstić information content (AvgIpc) is 3.06. The quantitative estimate of drug-likeness (QED) is 0.646. The van der Waals surface area contributed by atoms with E-state index in [1.54, 1.807) is 0 Å². The number of aromatic amines is 1. The minimum Gasteiger partial charge on any atom is -0.471 e. The Morgan fingerprint density at radius 3 is 2.58 bits per heavy atom. The number of H-pyrrole nitrogens is 1. The molecule has 0 spiro atoms. The van der Waals surface area contributed by atoms with E-state index in [1.807, 2.05) is 45.0 Å². The van der Waals surface area contributed by atoms with Crippen LogP contribution in [-0.2, 0) is 17.9 Å². The average molecular weight is 354 g/mol. The van der Waals surface area contributed by atoms with Crippen molar-refractivity contribution in [2.24, 2.45) is 5.41 Å². The molecule has 0 aliphatic rings. The van der Waals surface area contributed by atoms with Gasteiger partial charge in [-0.1, -0.05) is 45.0 Å². The summed E-state index contributed by atoms with van der Waals surface area (Å²) in [7, 11) is 0. The van der Waals surface area contributed by atoms with E-state index >= 15 is 0 Å². The molecule has 0 saturated heterocycles. The molecule has 3 rings (SSSR count). The summed E-state index contributed by atoms with van der Waals surface area (Å²) < 4.78 is 5.74. The van der Waals surface area contributed by atoms with E-state index in [0.29, 0.717) is 30.2 Å². The van der Waals surface area contributed by atoms with Crippen molar-refractivity contribution in [3.8, 4) is 5.88 Å². The number of nitrogens with two attached hydrogens (primary N) is 1. The van der Waals surface area contributed by atoms with Gasteiger partial charge in [-0.05, 0) is 11.1 Å². The standard InChI is InChI=1S/C18H22N6O2/c1-18(2,3)16(25)20-8-11-4-6-12(7-5-11)9-26-15-13-14(22-10-21-13)23-17(19)24-15/h4-7,10H,8-9H2,1-3H3,(H,20,25)(H3,19,21,22,23,24). The van der Waals surface area contributed by atoms with Crippen molar-refractivity contribution in [2.75, 3.05) is 5.73 Å². The smallest absolute Gasteiger partial charge is 0.247 e. The number of nitrogens with zero attached hydrogens (tertiary/aromatic N) is 3. The third-order valence-corrected chi connectivity index (χ3v) is 3.80. The van der Waals surface area contributed by atoms with Crippen LogP contribution in [0.15, 0.2) is 30.6 Å². The molecule has 0 unspecified atom stereocenters. The molecule has 26 heavy (non-hydrogen) atoms. The molecule has 2 heterocycles. The van der Waals surface area contributed by atoms with Gasteiger partial charge in [-0.3, -0.25) is 4.79 Å². The second-order valence-corrected chi connectivity index (χ2v) is 7.02. The monoisotopic (exact) mass is 354 g/mol. The zero-order chi connectivity index (χ0) is 18.7. The van der Waals surface area contributed by atoms with Crippen molar-refractivity contribution in [2.45, 2.75) is 33.9 Å². The highest BCUT2D eigenvalue weighted by Crippen LogP contribution is 2.21. The van der Waals surface area contributed by atoms with E-state index < -0.39 is 5.41 Å². The summed E-state index contributed by atoms with van der Waals surface area (Å²) in [5.74, 6) is 0.492. The number of rotatable bonds is 5. The Labute approximate surface area is 151 Å². The van der Waals surface area contributed by atoms with E-state index in [-0.39, 0.29) is 11.9 Å². The molecular weight excluding hydrogens is 332 g/mol. The van der Waals surface area contributed by atoms with Gasteiger partial charge in [-0.15, -0.1) is 0 Å². The van der Waals surface area contributed by atoms with Gasteiger partial charge < -0.3 is 20.8 Å². The molecule has 0 aliphatic carbocycles. The molecule has 136 valence electrons. The highest BCUT2D eigenvalue weighted by atomic mass is 16.5. The Balaban J connectivity index is 1.61. The molecule has 8 nitrogen and oxygen atoms in total. The normalized spacial score (nSPS) is 11.5. The third kappa shape index (κ3) is 4.08. The number of nitrogens with one attached hydrogen (secondary N) is 2.